The Kier molecular flexibility index (Phi) is 14.5. The molecule has 0 amide bonds. The van der Waals surface area contributed by atoms with Crippen molar-refractivity contribution in [2.75, 3.05) is 0 Å². The molecule has 0 aliphatic heterocycles. The van der Waals surface area contributed by atoms with E-state index in [2.05, 4.69) is 111 Å². The van der Waals surface area contributed by atoms with Crippen LogP contribution in [0.4, 0.5) is 0 Å². The summed E-state index contributed by atoms with van der Waals surface area (Å²) in [5.74, 6) is 0. The standard InChI is InChI=1S/C36H74O/c1-17-19-21-23-29(35(13,14)27-33(9,10)25-31(3,4)5)37-30(24-22-20-18-2)36(15,16)28-34(11,12)26-32(6,7)8/h29-30H,17-28H2,1-16H3. The Morgan fingerprint density at radius 3 is 0.973 bits per heavy atom. The molecular formula is C36H74O. The molecular weight excluding hydrogens is 448 g/mol. The van der Waals surface area contributed by atoms with Gasteiger partial charge in [0.15, 0.2) is 0 Å². The van der Waals surface area contributed by atoms with Gasteiger partial charge in [0.25, 0.3) is 0 Å². The summed E-state index contributed by atoms with van der Waals surface area (Å²) in [6.45, 7) is 39.0. The molecule has 37 heavy (non-hydrogen) atoms. The summed E-state index contributed by atoms with van der Waals surface area (Å²) in [4.78, 5) is 0. The van der Waals surface area contributed by atoms with E-state index in [0.717, 1.165) is 0 Å². The molecule has 0 radical (unpaired) electrons. The molecule has 0 aromatic heterocycles. The van der Waals surface area contributed by atoms with Crippen LogP contribution in [-0.4, -0.2) is 12.2 Å². The Bertz CT molecular complexity index is 554. The van der Waals surface area contributed by atoms with Crippen molar-refractivity contribution in [2.45, 2.75) is 200 Å². The zero-order chi connectivity index (χ0) is 29.3. The first kappa shape index (κ1) is 37.0. The van der Waals surface area contributed by atoms with Gasteiger partial charge in [-0.25, -0.2) is 0 Å². The van der Waals surface area contributed by atoms with E-state index in [-0.39, 0.29) is 10.8 Å². The molecule has 0 N–H and O–H groups in total. The lowest BCUT2D eigenvalue weighted by molar-refractivity contribution is -0.138. The normalized spacial score (nSPS) is 16.2. The lowest BCUT2D eigenvalue weighted by Gasteiger charge is -2.47. The van der Waals surface area contributed by atoms with Gasteiger partial charge in [0.2, 0.25) is 0 Å². The van der Waals surface area contributed by atoms with Crippen molar-refractivity contribution in [3.8, 4) is 0 Å². The van der Waals surface area contributed by atoms with Crippen molar-refractivity contribution in [1.82, 2.24) is 0 Å². The van der Waals surface area contributed by atoms with E-state index in [4.69, 9.17) is 4.74 Å². The summed E-state index contributed by atoms with van der Waals surface area (Å²) in [5, 5.41) is 0. The molecule has 2 unspecified atom stereocenters. The highest BCUT2D eigenvalue weighted by Gasteiger charge is 2.42. The summed E-state index contributed by atoms with van der Waals surface area (Å²) >= 11 is 0. The van der Waals surface area contributed by atoms with Gasteiger partial charge in [-0.15, -0.1) is 0 Å². The van der Waals surface area contributed by atoms with Gasteiger partial charge in [0, 0.05) is 0 Å². The van der Waals surface area contributed by atoms with Gasteiger partial charge in [0.1, 0.15) is 0 Å². The van der Waals surface area contributed by atoms with Gasteiger partial charge in [0.05, 0.1) is 12.2 Å². The quantitative estimate of drug-likeness (QED) is 0.163. The Morgan fingerprint density at radius 2 is 0.730 bits per heavy atom. The van der Waals surface area contributed by atoms with Crippen LogP contribution in [-0.2, 0) is 4.74 Å². The third-order valence-electron chi connectivity index (χ3n) is 8.10. The summed E-state index contributed by atoms with van der Waals surface area (Å²) in [6, 6.07) is 0. The van der Waals surface area contributed by atoms with Gasteiger partial charge in [-0.1, -0.05) is 149 Å². The summed E-state index contributed by atoms with van der Waals surface area (Å²) < 4.78 is 7.43. The average molecular weight is 523 g/mol. The maximum atomic E-state index is 7.43. The van der Waals surface area contributed by atoms with Crippen LogP contribution in [0.15, 0.2) is 0 Å². The highest BCUT2D eigenvalue weighted by atomic mass is 16.5. The van der Waals surface area contributed by atoms with Gasteiger partial charge >= 0.3 is 0 Å². The van der Waals surface area contributed by atoms with E-state index in [1.54, 1.807) is 0 Å². The Balaban J connectivity index is 6.07. The van der Waals surface area contributed by atoms with E-state index in [1.165, 1.54) is 77.0 Å². The van der Waals surface area contributed by atoms with Gasteiger partial charge in [-0.05, 0) is 71.0 Å². The van der Waals surface area contributed by atoms with E-state index >= 15 is 0 Å². The third-order valence-corrected chi connectivity index (χ3v) is 8.10. The predicted octanol–water partition coefficient (Wildman–Crippen LogP) is 12.7. The molecule has 2 atom stereocenters. The zero-order valence-electron chi connectivity index (χ0n) is 29.0. The van der Waals surface area contributed by atoms with Gasteiger partial charge in [-0.3, -0.25) is 0 Å². The molecule has 1 heteroatoms. The van der Waals surface area contributed by atoms with Crippen molar-refractivity contribution in [1.29, 1.82) is 0 Å². The fraction of sp³-hybridized carbons (Fsp3) is 1.00. The second-order valence-electron chi connectivity index (χ2n) is 18.2. The first-order chi connectivity index (χ1) is 16.5. The van der Waals surface area contributed by atoms with Crippen molar-refractivity contribution in [3.05, 3.63) is 0 Å². The lowest BCUT2D eigenvalue weighted by atomic mass is 9.65. The number of ether oxygens (including phenoxy) is 1. The Morgan fingerprint density at radius 1 is 0.432 bits per heavy atom. The van der Waals surface area contributed by atoms with Gasteiger partial charge in [-0.2, -0.15) is 0 Å². The van der Waals surface area contributed by atoms with Crippen LogP contribution in [0.1, 0.15) is 188 Å². The summed E-state index contributed by atoms with van der Waals surface area (Å²) in [6.07, 6.45) is 15.7. The SMILES string of the molecule is CCCCCC(OC(CCCCC)C(C)(C)CC(C)(C)CC(C)(C)C)C(C)(C)CC(C)(C)CC(C)(C)C. The average Bonchev–Trinajstić information content (AvgIpc) is 2.59. The fourth-order valence-electron chi connectivity index (χ4n) is 8.33. The zero-order valence-corrected chi connectivity index (χ0v) is 29.0. The van der Waals surface area contributed by atoms with E-state index in [0.29, 0.717) is 33.9 Å². The second kappa shape index (κ2) is 14.6. The molecule has 0 aliphatic carbocycles. The highest BCUT2D eigenvalue weighted by Crippen LogP contribution is 2.48. The van der Waals surface area contributed by atoms with Crippen LogP contribution >= 0.6 is 0 Å². The topological polar surface area (TPSA) is 9.23 Å². The van der Waals surface area contributed by atoms with E-state index in [1.807, 2.05) is 0 Å². The monoisotopic (exact) mass is 523 g/mol. The molecule has 0 aliphatic rings. The maximum Gasteiger partial charge on any atom is 0.0630 e. The van der Waals surface area contributed by atoms with Crippen molar-refractivity contribution < 1.29 is 4.74 Å². The Hall–Kier alpha value is -0.0400. The smallest absolute Gasteiger partial charge is 0.0630 e. The molecule has 0 saturated heterocycles. The fourth-order valence-corrected chi connectivity index (χ4v) is 8.33. The maximum absolute atomic E-state index is 7.43. The first-order valence-corrected chi connectivity index (χ1v) is 16.1. The molecule has 0 fully saturated rings. The molecule has 0 bridgehead atoms. The molecule has 1 nitrogen and oxygen atoms in total. The minimum Gasteiger partial charge on any atom is -0.374 e. The molecule has 0 spiro atoms. The molecule has 224 valence electrons. The molecule has 0 rings (SSSR count). The summed E-state index contributed by atoms with van der Waals surface area (Å²) in [7, 11) is 0. The minimum absolute atomic E-state index is 0.155. The molecule has 0 aromatic rings. The third kappa shape index (κ3) is 16.6. The van der Waals surface area contributed by atoms with E-state index < -0.39 is 0 Å². The second-order valence-corrected chi connectivity index (χ2v) is 18.2. The lowest BCUT2D eigenvalue weighted by Crippen LogP contribution is -2.44. The minimum atomic E-state index is 0.155. The largest absolute Gasteiger partial charge is 0.374 e. The van der Waals surface area contributed by atoms with Crippen LogP contribution in [0.2, 0.25) is 0 Å². The highest BCUT2D eigenvalue weighted by molar-refractivity contribution is 4.92. The number of rotatable bonds is 18. The van der Waals surface area contributed by atoms with Gasteiger partial charge < -0.3 is 4.74 Å². The number of hydrogen-bond donors (Lipinski definition) is 0. The summed E-state index contributed by atoms with van der Waals surface area (Å²) in [5.41, 5.74) is 1.61. The van der Waals surface area contributed by atoms with Crippen LogP contribution in [0.3, 0.4) is 0 Å². The molecule has 0 heterocycles. The van der Waals surface area contributed by atoms with Crippen LogP contribution in [0.5, 0.6) is 0 Å². The van der Waals surface area contributed by atoms with E-state index in [9.17, 15) is 0 Å². The predicted molar refractivity (Wildman–Crippen MR) is 169 cm³/mol. The number of unbranched alkanes of at least 4 members (excludes halogenated alkanes) is 4. The molecule has 0 saturated carbocycles. The van der Waals surface area contributed by atoms with Crippen molar-refractivity contribution >= 4 is 0 Å². The molecule has 0 aromatic carbocycles. The van der Waals surface area contributed by atoms with Crippen molar-refractivity contribution in [2.24, 2.45) is 32.5 Å². The number of hydrogen-bond acceptors (Lipinski definition) is 1. The first-order valence-electron chi connectivity index (χ1n) is 16.1. The van der Waals surface area contributed by atoms with Crippen LogP contribution < -0.4 is 0 Å². The van der Waals surface area contributed by atoms with Crippen LogP contribution in [0, 0.1) is 32.5 Å². The van der Waals surface area contributed by atoms with Crippen LogP contribution in [0.25, 0.3) is 0 Å². The van der Waals surface area contributed by atoms with Crippen molar-refractivity contribution in [3.63, 3.8) is 0 Å². The Labute approximate surface area is 237 Å².